The Morgan fingerprint density at radius 1 is 1.19 bits per heavy atom. The predicted octanol–water partition coefficient (Wildman–Crippen LogP) is 2.84. The number of nitrogens with zero attached hydrogens (tertiary/aromatic N) is 2. The van der Waals surface area contributed by atoms with Crippen molar-refractivity contribution in [3.05, 3.63) is 47.0 Å². The molecular formula is C14H15F3N4. The lowest BCUT2D eigenvalue weighted by Crippen LogP contribution is -2.14. The molecule has 0 saturated carbocycles. The fraction of sp³-hybridized carbons (Fsp3) is 0.429. The first kappa shape index (κ1) is 14.1. The Labute approximate surface area is 119 Å². The van der Waals surface area contributed by atoms with Crippen molar-refractivity contribution in [2.24, 2.45) is 0 Å². The van der Waals surface area contributed by atoms with Crippen LogP contribution < -0.4 is 5.32 Å². The predicted molar refractivity (Wildman–Crippen MR) is 70.6 cm³/mol. The number of H-pyrrole nitrogens is 1. The van der Waals surface area contributed by atoms with E-state index < -0.39 is 11.7 Å². The first-order valence-corrected chi connectivity index (χ1v) is 6.83. The van der Waals surface area contributed by atoms with Gasteiger partial charge >= 0.3 is 6.18 Å². The average molecular weight is 296 g/mol. The van der Waals surface area contributed by atoms with Crippen molar-refractivity contribution >= 4 is 0 Å². The Kier molecular flexibility index (Phi) is 3.67. The molecule has 2 heterocycles. The van der Waals surface area contributed by atoms with E-state index in [1.807, 2.05) is 0 Å². The summed E-state index contributed by atoms with van der Waals surface area (Å²) in [6.45, 7) is 0.966. The fourth-order valence-corrected chi connectivity index (χ4v) is 2.45. The summed E-state index contributed by atoms with van der Waals surface area (Å²) in [6.07, 6.45) is -1.74. The molecule has 1 unspecified atom stereocenters. The summed E-state index contributed by atoms with van der Waals surface area (Å²) >= 11 is 0. The van der Waals surface area contributed by atoms with Gasteiger partial charge in [0.05, 0.1) is 11.6 Å². The van der Waals surface area contributed by atoms with Gasteiger partial charge in [0.2, 0.25) is 0 Å². The van der Waals surface area contributed by atoms with Crippen LogP contribution in [0.5, 0.6) is 0 Å². The highest BCUT2D eigenvalue weighted by Gasteiger charge is 2.30. The maximum atomic E-state index is 12.5. The van der Waals surface area contributed by atoms with Crippen LogP contribution in [0.1, 0.15) is 41.7 Å². The molecule has 2 aromatic rings. The SMILES string of the molecule is FC(F)(F)c1ccc(Cc2nc(C3CCCN3)n[nH]2)cc1. The van der Waals surface area contributed by atoms with E-state index in [9.17, 15) is 13.2 Å². The lowest BCUT2D eigenvalue weighted by molar-refractivity contribution is -0.137. The minimum absolute atomic E-state index is 0.183. The molecule has 2 N–H and O–H groups in total. The highest BCUT2D eigenvalue weighted by Crippen LogP contribution is 2.29. The van der Waals surface area contributed by atoms with Crippen LogP contribution >= 0.6 is 0 Å². The van der Waals surface area contributed by atoms with Gasteiger partial charge in [0.1, 0.15) is 5.82 Å². The minimum Gasteiger partial charge on any atom is -0.307 e. The first-order valence-electron chi connectivity index (χ1n) is 6.83. The molecule has 4 nitrogen and oxygen atoms in total. The molecular weight excluding hydrogens is 281 g/mol. The standard InChI is InChI=1S/C14H15F3N4/c15-14(16,17)10-5-3-9(4-6-10)8-12-19-13(21-20-12)11-2-1-7-18-11/h3-6,11,18H,1-2,7-8H2,(H,19,20,21). The zero-order chi connectivity index (χ0) is 14.9. The van der Waals surface area contributed by atoms with Gasteiger partial charge in [-0.3, -0.25) is 5.10 Å². The first-order chi connectivity index (χ1) is 10.0. The second-order valence-electron chi connectivity index (χ2n) is 5.16. The average Bonchev–Trinajstić information content (AvgIpc) is 3.08. The van der Waals surface area contributed by atoms with Gasteiger partial charge in [-0.25, -0.2) is 4.98 Å². The molecule has 1 fully saturated rings. The van der Waals surface area contributed by atoms with Gasteiger partial charge < -0.3 is 5.32 Å². The molecule has 0 aliphatic carbocycles. The van der Waals surface area contributed by atoms with Crippen molar-refractivity contribution < 1.29 is 13.2 Å². The highest BCUT2D eigenvalue weighted by molar-refractivity contribution is 5.26. The summed E-state index contributed by atoms with van der Waals surface area (Å²) in [6, 6.07) is 5.30. The number of rotatable bonds is 3. The smallest absolute Gasteiger partial charge is 0.307 e. The van der Waals surface area contributed by atoms with Gasteiger partial charge in [-0.05, 0) is 37.1 Å². The van der Waals surface area contributed by atoms with Crippen molar-refractivity contribution in [1.82, 2.24) is 20.5 Å². The molecule has 1 aromatic heterocycles. The van der Waals surface area contributed by atoms with E-state index in [1.165, 1.54) is 12.1 Å². The molecule has 1 aromatic carbocycles. The fourth-order valence-electron chi connectivity index (χ4n) is 2.45. The lowest BCUT2D eigenvalue weighted by Gasteiger charge is -2.06. The Morgan fingerprint density at radius 3 is 2.57 bits per heavy atom. The van der Waals surface area contributed by atoms with Gasteiger partial charge in [-0.15, -0.1) is 0 Å². The van der Waals surface area contributed by atoms with E-state index >= 15 is 0 Å². The van der Waals surface area contributed by atoms with E-state index in [1.54, 1.807) is 0 Å². The third-order valence-corrected chi connectivity index (χ3v) is 3.57. The van der Waals surface area contributed by atoms with Gasteiger partial charge in [-0.2, -0.15) is 18.3 Å². The zero-order valence-electron chi connectivity index (χ0n) is 11.2. The van der Waals surface area contributed by atoms with Crippen LogP contribution in [-0.2, 0) is 12.6 Å². The summed E-state index contributed by atoms with van der Waals surface area (Å²) in [5.74, 6) is 1.40. The lowest BCUT2D eigenvalue weighted by atomic mass is 10.1. The quantitative estimate of drug-likeness (QED) is 0.915. The van der Waals surface area contributed by atoms with Crippen LogP contribution in [0.15, 0.2) is 24.3 Å². The number of aromatic amines is 1. The second kappa shape index (κ2) is 5.48. The number of hydrogen-bond donors (Lipinski definition) is 2. The molecule has 0 spiro atoms. The van der Waals surface area contributed by atoms with Crippen molar-refractivity contribution in [1.29, 1.82) is 0 Å². The molecule has 1 aliphatic heterocycles. The molecule has 0 amide bonds. The van der Waals surface area contributed by atoms with Crippen molar-refractivity contribution in [2.45, 2.75) is 31.5 Å². The molecule has 1 atom stereocenters. The van der Waals surface area contributed by atoms with E-state index in [2.05, 4.69) is 20.5 Å². The third kappa shape index (κ3) is 3.24. The van der Waals surface area contributed by atoms with E-state index in [-0.39, 0.29) is 6.04 Å². The summed E-state index contributed by atoms with van der Waals surface area (Å²) in [5, 5.41) is 10.3. The largest absolute Gasteiger partial charge is 0.416 e. The Bertz CT molecular complexity index is 597. The molecule has 21 heavy (non-hydrogen) atoms. The normalized spacial score (nSPS) is 19.1. The number of halogens is 3. The summed E-state index contributed by atoms with van der Waals surface area (Å²) in [5.41, 5.74) is 0.129. The number of nitrogens with one attached hydrogen (secondary N) is 2. The molecule has 112 valence electrons. The summed E-state index contributed by atoms with van der Waals surface area (Å²) in [7, 11) is 0. The Balaban J connectivity index is 1.69. The maximum absolute atomic E-state index is 12.5. The number of benzene rings is 1. The van der Waals surface area contributed by atoms with Crippen LogP contribution in [0.3, 0.4) is 0 Å². The van der Waals surface area contributed by atoms with Crippen molar-refractivity contribution in [2.75, 3.05) is 6.54 Å². The Hall–Kier alpha value is -1.89. The molecule has 0 radical (unpaired) electrons. The topological polar surface area (TPSA) is 53.6 Å². The van der Waals surface area contributed by atoms with Gasteiger partial charge in [0.25, 0.3) is 0 Å². The third-order valence-electron chi connectivity index (χ3n) is 3.57. The highest BCUT2D eigenvalue weighted by atomic mass is 19.4. The summed E-state index contributed by atoms with van der Waals surface area (Å²) in [4.78, 5) is 4.41. The summed E-state index contributed by atoms with van der Waals surface area (Å²) < 4.78 is 37.5. The zero-order valence-corrected chi connectivity index (χ0v) is 11.2. The number of alkyl halides is 3. The van der Waals surface area contributed by atoms with Crippen LogP contribution in [0.2, 0.25) is 0 Å². The van der Waals surface area contributed by atoms with E-state index in [0.29, 0.717) is 12.2 Å². The molecule has 1 saturated heterocycles. The number of hydrogen-bond acceptors (Lipinski definition) is 3. The van der Waals surface area contributed by atoms with Crippen LogP contribution in [0.4, 0.5) is 13.2 Å². The minimum atomic E-state index is -4.30. The molecule has 3 rings (SSSR count). The van der Waals surface area contributed by atoms with Gasteiger partial charge in [-0.1, -0.05) is 12.1 Å². The molecule has 0 bridgehead atoms. The maximum Gasteiger partial charge on any atom is 0.416 e. The van der Waals surface area contributed by atoms with Crippen LogP contribution in [0.25, 0.3) is 0 Å². The van der Waals surface area contributed by atoms with Crippen LogP contribution in [-0.4, -0.2) is 21.7 Å². The molecule has 1 aliphatic rings. The van der Waals surface area contributed by atoms with Crippen molar-refractivity contribution in [3.8, 4) is 0 Å². The van der Waals surface area contributed by atoms with E-state index in [4.69, 9.17) is 0 Å². The molecule has 7 heteroatoms. The van der Waals surface area contributed by atoms with Crippen molar-refractivity contribution in [3.63, 3.8) is 0 Å². The second-order valence-corrected chi connectivity index (χ2v) is 5.16. The van der Waals surface area contributed by atoms with Crippen LogP contribution in [0, 0.1) is 0 Å². The van der Waals surface area contributed by atoms with Gasteiger partial charge in [0.15, 0.2) is 5.82 Å². The monoisotopic (exact) mass is 296 g/mol. The van der Waals surface area contributed by atoms with E-state index in [0.717, 1.165) is 42.9 Å². The Morgan fingerprint density at radius 2 is 1.95 bits per heavy atom. The van der Waals surface area contributed by atoms with Gasteiger partial charge in [0, 0.05) is 6.42 Å². The number of aromatic nitrogens is 3.